The Morgan fingerprint density at radius 2 is 1.79 bits per heavy atom. The molecule has 7 nitrogen and oxygen atoms in total. The van der Waals surface area contributed by atoms with E-state index in [2.05, 4.69) is 0 Å². The van der Waals surface area contributed by atoms with E-state index >= 15 is 0 Å². The Morgan fingerprint density at radius 3 is 2.53 bits per heavy atom. The van der Waals surface area contributed by atoms with E-state index in [1.165, 1.54) is 37.5 Å². The predicted molar refractivity (Wildman–Crippen MR) is 129 cm³/mol. The molecule has 0 spiro atoms. The van der Waals surface area contributed by atoms with Crippen LogP contribution < -0.4 is 14.4 Å². The van der Waals surface area contributed by atoms with Gasteiger partial charge >= 0.3 is 17.9 Å². The highest BCUT2D eigenvalue weighted by Crippen LogP contribution is 2.44. The van der Waals surface area contributed by atoms with E-state index in [4.69, 9.17) is 25.8 Å². The number of nitrogens with zero attached hydrogens (tertiary/aromatic N) is 1. The Labute approximate surface area is 205 Å². The van der Waals surface area contributed by atoms with Crippen LogP contribution in [0.1, 0.15) is 40.2 Å². The van der Waals surface area contributed by atoms with Gasteiger partial charge in [0.2, 0.25) is 0 Å². The number of esters is 3. The molecule has 0 amide bonds. The maximum atomic E-state index is 12.9. The molecule has 0 saturated carbocycles. The minimum absolute atomic E-state index is 0.132. The molecule has 1 aromatic heterocycles. The lowest BCUT2D eigenvalue weighted by Crippen LogP contribution is -2.38. The van der Waals surface area contributed by atoms with Crippen LogP contribution in [-0.4, -0.2) is 31.6 Å². The second-order valence-corrected chi connectivity index (χ2v) is 9.10. The highest BCUT2D eigenvalue weighted by molar-refractivity contribution is 7.14. The van der Waals surface area contributed by atoms with Crippen molar-refractivity contribution in [3.63, 3.8) is 0 Å². The fourth-order valence-electron chi connectivity index (χ4n) is 3.92. The molecule has 0 aliphatic carbocycles. The molecule has 176 valence electrons. The normalized spacial score (nSPS) is 13.6. The van der Waals surface area contributed by atoms with E-state index in [-0.39, 0.29) is 11.3 Å². The smallest absolute Gasteiger partial charge is 0.348 e. The number of aryl methyl sites for hydroxylation is 1. The van der Waals surface area contributed by atoms with Gasteiger partial charge in [-0.2, -0.15) is 0 Å². The number of halogens is 1. The highest BCUT2D eigenvalue weighted by Gasteiger charge is 2.34. The van der Waals surface area contributed by atoms with E-state index in [0.29, 0.717) is 22.2 Å². The largest absolute Gasteiger partial charge is 0.467 e. The average Bonchev–Trinajstić information content (AvgIpc) is 3.23. The summed E-state index contributed by atoms with van der Waals surface area (Å²) < 4.78 is 15.9. The molecule has 2 aromatic carbocycles. The van der Waals surface area contributed by atoms with Gasteiger partial charge in [-0.15, -0.1) is 11.3 Å². The van der Waals surface area contributed by atoms with Crippen molar-refractivity contribution in [1.29, 1.82) is 0 Å². The van der Waals surface area contributed by atoms with Crippen LogP contribution >= 0.6 is 22.9 Å². The number of methoxy groups -OCH3 is 1. The maximum Gasteiger partial charge on any atom is 0.348 e. The number of anilines is 1. The van der Waals surface area contributed by atoms with Crippen molar-refractivity contribution < 1.29 is 28.6 Å². The summed E-state index contributed by atoms with van der Waals surface area (Å²) >= 11 is 7.76. The van der Waals surface area contributed by atoms with E-state index in [0.717, 1.165) is 23.4 Å². The van der Waals surface area contributed by atoms with E-state index in [1.807, 2.05) is 11.0 Å². The van der Waals surface area contributed by atoms with Crippen LogP contribution in [0.5, 0.6) is 10.8 Å². The topological polar surface area (TPSA) is 82.1 Å². The maximum absolute atomic E-state index is 12.9. The molecular formula is C25H22ClNO6S. The number of para-hydroxylation sites is 1. The number of fused-ring (bicyclic) bond motifs is 1. The molecule has 4 rings (SSSR count). The molecule has 0 saturated heterocycles. The molecule has 3 aromatic rings. The van der Waals surface area contributed by atoms with Crippen molar-refractivity contribution >= 4 is 46.5 Å². The van der Waals surface area contributed by atoms with Crippen LogP contribution in [0.25, 0.3) is 0 Å². The van der Waals surface area contributed by atoms with Crippen LogP contribution in [0.4, 0.5) is 5.69 Å². The fourth-order valence-corrected chi connectivity index (χ4v) is 5.22. The summed E-state index contributed by atoms with van der Waals surface area (Å²) in [7, 11) is 1.35. The third-order valence-corrected chi connectivity index (χ3v) is 6.77. The molecular weight excluding hydrogens is 478 g/mol. The van der Waals surface area contributed by atoms with Gasteiger partial charge in [0.05, 0.1) is 12.8 Å². The summed E-state index contributed by atoms with van der Waals surface area (Å²) in [5.74, 6) is -1.47. The SMILES string of the molecule is COC(=O)C(c1ccccc1Cl)N1CCCc2sc(OC(=O)c3ccccc3OC(C)=O)cc21. The number of carbonyl (C=O) groups excluding carboxylic acids is 3. The highest BCUT2D eigenvalue weighted by atomic mass is 35.5. The van der Waals surface area contributed by atoms with Crippen molar-refractivity contribution in [1.82, 2.24) is 0 Å². The number of hydrogen-bond donors (Lipinski definition) is 0. The van der Waals surface area contributed by atoms with Gasteiger partial charge in [-0.3, -0.25) is 4.79 Å². The molecule has 1 aliphatic rings. The van der Waals surface area contributed by atoms with Crippen LogP contribution in [0.3, 0.4) is 0 Å². The van der Waals surface area contributed by atoms with Gasteiger partial charge < -0.3 is 19.1 Å². The van der Waals surface area contributed by atoms with Gasteiger partial charge in [0, 0.05) is 35.0 Å². The second-order valence-electron chi connectivity index (χ2n) is 7.60. The lowest BCUT2D eigenvalue weighted by atomic mass is 10.0. The molecule has 0 radical (unpaired) electrons. The van der Waals surface area contributed by atoms with E-state index in [1.54, 1.807) is 36.4 Å². The summed E-state index contributed by atoms with van der Waals surface area (Å²) in [5, 5.41) is 0.844. The Morgan fingerprint density at radius 1 is 1.06 bits per heavy atom. The molecule has 0 bridgehead atoms. The molecule has 9 heteroatoms. The number of carbonyl (C=O) groups is 3. The van der Waals surface area contributed by atoms with Crippen LogP contribution in [-0.2, 0) is 20.7 Å². The minimum Gasteiger partial charge on any atom is -0.467 e. The number of hydrogen-bond acceptors (Lipinski definition) is 8. The first kappa shape index (κ1) is 23.8. The first-order valence-electron chi connectivity index (χ1n) is 10.6. The number of ether oxygens (including phenoxy) is 3. The Hall–Kier alpha value is -3.36. The van der Waals surface area contributed by atoms with Crippen LogP contribution in [0, 0.1) is 0 Å². The number of rotatable bonds is 6. The third-order valence-electron chi connectivity index (χ3n) is 5.37. The minimum atomic E-state index is -0.736. The quantitative estimate of drug-likeness (QED) is 0.340. The number of thiophene rings is 1. The lowest BCUT2D eigenvalue weighted by Gasteiger charge is -2.35. The molecule has 1 unspecified atom stereocenters. The zero-order valence-corrected chi connectivity index (χ0v) is 20.2. The zero-order chi connectivity index (χ0) is 24.2. The summed E-state index contributed by atoms with van der Waals surface area (Å²) in [5.41, 5.74) is 1.58. The van der Waals surface area contributed by atoms with E-state index < -0.39 is 23.9 Å². The first-order chi connectivity index (χ1) is 16.4. The summed E-state index contributed by atoms with van der Waals surface area (Å²) in [6.45, 7) is 1.87. The molecule has 0 N–H and O–H groups in total. The van der Waals surface area contributed by atoms with E-state index in [9.17, 15) is 14.4 Å². The lowest BCUT2D eigenvalue weighted by molar-refractivity contribution is -0.142. The average molecular weight is 500 g/mol. The van der Waals surface area contributed by atoms with Gasteiger partial charge in [-0.1, -0.05) is 41.9 Å². The summed E-state index contributed by atoms with van der Waals surface area (Å²) in [4.78, 5) is 40.0. The first-order valence-corrected chi connectivity index (χ1v) is 11.8. The summed E-state index contributed by atoms with van der Waals surface area (Å²) in [6, 6.07) is 14.6. The molecule has 34 heavy (non-hydrogen) atoms. The Bertz CT molecular complexity index is 1240. The Balaban J connectivity index is 1.65. The fraction of sp³-hybridized carbons (Fsp3) is 0.240. The standard InChI is InChI=1S/C25H22ClNO6S/c1-15(28)32-20-11-6-4-9-17(20)24(29)33-22-14-19-21(34-22)12-7-13-27(19)23(25(30)31-2)16-8-3-5-10-18(16)26/h3-6,8-11,14,23H,7,12-13H2,1-2H3. The summed E-state index contributed by atoms with van der Waals surface area (Å²) in [6.07, 6.45) is 1.60. The van der Waals surface area contributed by atoms with Gasteiger partial charge in [-0.05, 0) is 31.0 Å². The Kier molecular flexibility index (Phi) is 7.19. The van der Waals surface area contributed by atoms with Gasteiger partial charge in [0.15, 0.2) is 11.1 Å². The number of benzene rings is 2. The molecule has 1 aliphatic heterocycles. The monoisotopic (exact) mass is 499 g/mol. The van der Waals surface area contributed by atoms with Crippen LogP contribution in [0.15, 0.2) is 54.6 Å². The zero-order valence-electron chi connectivity index (χ0n) is 18.6. The van der Waals surface area contributed by atoms with Gasteiger partial charge in [0.25, 0.3) is 0 Å². The second kappa shape index (κ2) is 10.3. The molecule has 0 fully saturated rings. The predicted octanol–water partition coefficient (Wildman–Crippen LogP) is 5.21. The van der Waals surface area contributed by atoms with Crippen molar-refractivity contribution in [3.8, 4) is 10.8 Å². The third kappa shape index (κ3) is 4.93. The molecule has 1 atom stereocenters. The molecule has 2 heterocycles. The van der Waals surface area contributed by atoms with Gasteiger partial charge in [0.1, 0.15) is 11.3 Å². The van der Waals surface area contributed by atoms with Crippen molar-refractivity contribution in [2.24, 2.45) is 0 Å². The van der Waals surface area contributed by atoms with Crippen molar-refractivity contribution in [2.45, 2.75) is 25.8 Å². The van der Waals surface area contributed by atoms with Crippen molar-refractivity contribution in [3.05, 3.63) is 75.6 Å². The van der Waals surface area contributed by atoms with Gasteiger partial charge in [-0.25, -0.2) is 9.59 Å². The van der Waals surface area contributed by atoms with Crippen molar-refractivity contribution in [2.75, 3.05) is 18.6 Å². The van der Waals surface area contributed by atoms with Crippen LogP contribution in [0.2, 0.25) is 5.02 Å².